The van der Waals surface area contributed by atoms with E-state index in [0.29, 0.717) is 13.0 Å². The molecule has 0 aromatic heterocycles. The summed E-state index contributed by atoms with van der Waals surface area (Å²) in [5, 5.41) is 8.58. The number of benzene rings is 1. The summed E-state index contributed by atoms with van der Waals surface area (Å²) < 4.78 is 5.60. The van der Waals surface area contributed by atoms with Crippen molar-refractivity contribution in [1.29, 1.82) is 0 Å². The highest BCUT2D eigenvalue weighted by atomic mass is 16.5. The van der Waals surface area contributed by atoms with Crippen LogP contribution in [-0.4, -0.2) is 41.6 Å². The summed E-state index contributed by atoms with van der Waals surface area (Å²) in [7, 11) is 1.66. The van der Waals surface area contributed by atoms with Crippen molar-refractivity contribution in [1.82, 2.24) is 4.90 Å². The van der Waals surface area contributed by atoms with Crippen LogP contribution in [0.3, 0.4) is 0 Å². The van der Waals surface area contributed by atoms with Gasteiger partial charge in [-0.2, -0.15) is 0 Å². The molecule has 1 rings (SSSR count). The Morgan fingerprint density at radius 2 is 2.09 bits per heavy atom. The molecular formula is C17H23NO4. The molecule has 22 heavy (non-hydrogen) atoms. The first-order valence-corrected chi connectivity index (χ1v) is 7.30. The maximum atomic E-state index is 11.9. The van der Waals surface area contributed by atoms with Crippen LogP contribution in [0.1, 0.15) is 32.3 Å². The minimum absolute atomic E-state index is 0.0654. The maximum absolute atomic E-state index is 11.9. The third-order valence-corrected chi connectivity index (χ3v) is 2.91. The third kappa shape index (κ3) is 6.92. The van der Waals surface area contributed by atoms with Gasteiger partial charge in [0.25, 0.3) is 0 Å². The van der Waals surface area contributed by atoms with Crippen LogP contribution >= 0.6 is 0 Å². The minimum Gasteiger partial charge on any atom is -0.491 e. The molecule has 1 N–H and O–H groups in total. The largest absolute Gasteiger partial charge is 0.491 e. The van der Waals surface area contributed by atoms with E-state index >= 15 is 0 Å². The van der Waals surface area contributed by atoms with Gasteiger partial charge >= 0.3 is 5.97 Å². The SMILES string of the molecule is CC(C)Oc1cccc(/C=C/C(=O)N(C)CCCC(=O)O)c1. The highest BCUT2D eigenvalue weighted by molar-refractivity contribution is 5.91. The van der Waals surface area contributed by atoms with Crippen molar-refractivity contribution >= 4 is 18.0 Å². The molecule has 1 aromatic carbocycles. The average molecular weight is 305 g/mol. The third-order valence-electron chi connectivity index (χ3n) is 2.91. The lowest BCUT2D eigenvalue weighted by atomic mass is 10.2. The fourth-order valence-electron chi connectivity index (χ4n) is 1.84. The van der Waals surface area contributed by atoms with Gasteiger partial charge in [-0.15, -0.1) is 0 Å². The van der Waals surface area contributed by atoms with Gasteiger partial charge < -0.3 is 14.7 Å². The van der Waals surface area contributed by atoms with Gasteiger partial charge in [-0.3, -0.25) is 9.59 Å². The minimum atomic E-state index is -0.849. The Bertz CT molecular complexity index is 537. The number of hydrogen-bond donors (Lipinski definition) is 1. The number of amides is 1. The highest BCUT2D eigenvalue weighted by Gasteiger charge is 2.06. The molecule has 1 aromatic rings. The van der Waals surface area contributed by atoms with Gasteiger partial charge in [-0.25, -0.2) is 0 Å². The molecule has 0 saturated carbocycles. The molecule has 0 heterocycles. The molecule has 0 aliphatic carbocycles. The average Bonchev–Trinajstić information content (AvgIpc) is 2.44. The van der Waals surface area contributed by atoms with E-state index in [1.165, 1.54) is 11.0 Å². The number of carboxylic acids is 1. The second-order valence-corrected chi connectivity index (χ2v) is 5.33. The van der Waals surface area contributed by atoms with Crippen LogP contribution in [-0.2, 0) is 9.59 Å². The van der Waals surface area contributed by atoms with Crippen LogP contribution in [0.15, 0.2) is 30.3 Å². The van der Waals surface area contributed by atoms with E-state index < -0.39 is 5.97 Å². The van der Waals surface area contributed by atoms with Crippen molar-refractivity contribution in [3.63, 3.8) is 0 Å². The summed E-state index contributed by atoms with van der Waals surface area (Å²) in [5.74, 6) is -0.238. The number of hydrogen-bond acceptors (Lipinski definition) is 3. The molecule has 0 aliphatic heterocycles. The molecule has 0 unspecified atom stereocenters. The number of carbonyl (C=O) groups excluding carboxylic acids is 1. The molecule has 0 aliphatic rings. The lowest BCUT2D eigenvalue weighted by Gasteiger charge is -2.14. The topological polar surface area (TPSA) is 66.8 Å². The first kappa shape index (κ1) is 17.8. The highest BCUT2D eigenvalue weighted by Crippen LogP contribution is 2.16. The number of likely N-dealkylation sites (N-methyl/N-ethyl adjacent to an activating group) is 1. The fraction of sp³-hybridized carbons (Fsp3) is 0.412. The van der Waals surface area contributed by atoms with E-state index in [1.807, 2.05) is 38.1 Å². The Balaban J connectivity index is 2.55. The summed E-state index contributed by atoms with van der Waals surface area (Å²) in [4.78, 5) is 23.9. The van der Waals surface area contributed by atoms with Gasteiger partial charge in [0.2, 0.25) is 5.91 Å². The zero-order chi connectivity index (χ0) is 16.5. The van der Waals surface area contributed by atoms with Crippen molar-refractivity contribution < 1.29 is 19.4 Å². The molecule has 0 bridgehead atoms. The molecule has 0 saturated heterocycles. The van der Waals surface area contributed by atoms with Gasteiger partial charge in [0, 0.05) is 26.1 Å². The maximum Gasteiger partial charge on any atom is 0.303 e. The zero-order valence-electron chi connectivity index (χ0n) is 13.3. The Labute approximate surface area is 131 Å². The molecule has 1 amide bonds. The molecule has 120 valence electrons. The number of aliphatic carboxylic acids is 1. The van der Waals surface area contributed by atoms with Crippen molar-refractivity contribution in [2.45, 2.75) is 32.8 Å². The smallest absolute Gasteiger partial charge is 0.303 e. The van der Waals surface area contributed by atoms with Crippen LogP contribution in [0.2, 0.25) is 0 Å². The molecule has 5 heteroatoms. The molecule has 0 radical (unpaired) electrons. The molecule has 0 fully saturated rings. The molecule has 5 nitrogen and oxygen atoms in total. The second kappa shape index (κ2) is 8.87. The van der Waals surface area contributed by atoms with E-state index in [2.05, 4.69) is 0 Å². The molecule has 0 spiro atoms. The lowest BCUT2D eigenvalue weighted by molar-refractivity contribution is -0.137. The molecular weight excluding hydrogens is 282 g/mol. The predicted octanol–water partition coefficient (Wildman–Crippen LogP) is 2.81. The van der Waals surface area contributed by atoms with E-state index in [-0.39, 0.29) is 18.4 Å². The van der Waals surface area contributed by atoms with E-state index in [4.69, 9.17) is 9.84 Å². The number of nitrogens with zero attached hydrogens (tertiary/aromatic N) is 1. The zero-order valence-corrected chi connectivity index (χ0v) is 13.3. The first-order valence-electron chi connectivity index (χ1n) is 7.30. The van der Waals surface area contributed by atoms with Gasteiger partial charge in [-0.1, -0.05) is 12.1 Å². The monoisotopic (exact) mass is 305 g/mol. The van der Waals surface area contributed by atoms with Crippen LogP contribution in [0, 0.1) is 0 Å². The Kier molecular flexibility index (Phi) is 7.16. The summed E-state index contributed by atoms with van der Waals surface area (Å²) in [5.41, 5.74) is 0.880. The van der Waals surface area contributed by atoms with Crippen molar-refractivity contribution in [2.75, 3.05) is 13.6 Å². The first-order chi connectivity index (χ1) is 10.4. The summed E-state index contributed by atoms with van der Waals surface area (Å²) in [6.07, 6.45) is 3.82. The number of carboxylic acid groups (broad SMARTS) is 1. The van der Waals surface area contributed by atoms with Gasteiger partial charge in [0.1, 0.15) is 5.75 Å². The predicted molar refractivity (Wildman–Crippen MR) is 85.7 cm³/mol. The standard InChI is InChI=1S/C17H23NO4/c1-13(2)22-15-7-4-6-14(12-15)9-10-16(19)18(3)11-5-8-17(20)21/h4,6-7,9-10,12-13H,5,8,11H2,1-3H3,(H,20,21)/b10-9+. The van der Waals surface area contributed by atoms with Crippen molar-refractivity contribution in [2.24, 2.45) is 0 Å². The summed E-state index contributed by atoms with van der Waals surface area (Å²) in [6, 6.07) is 7.51. The normalized spacial score (nSPS) is 10.9. The van der Waals surface area contributed by atoms with E-state index in [1.54, 1.807) is 13.1 Å². The number of carbonyl (C=O) groups is 2. The molecule has 0 atom stereocenters. The van der Waals surface area contributed by atoms with E-state index in [9.17, 15) is 9.59 Å². The number of rotatable bonds is 8. The summed E-state index contributed by atoms with van der Waals surface area (Å²) in [6.45, 7) is 4.34. The lowest BCUT2D eigenvalue weighted by Crippen LogP contribution is -2.26. The quantitative estimate of drug-likeness (QED) is 0.750. The van der Waals surface area contributed by atoms with Crippen LogP contribution in [0.4, 0.5) is 0 Å². The fourth-order valence-corrected chi connectivity index (χ4v) is 1.84. The second-order valence-electron chi connectivity index (χ2n) is 5.33. The Morgan fingerprint density at radius 1 is 1.36 bits per heavy atom. The van der Waals surface area contributed by atoms with Gasteiger partial charge in [0.05, 0.1) is 6.10 Å². The van der Waals surface area contributed by atoms with Crippen LogP contribution in [0.5, 0.6) is 5.75 Å². The summed E-state index contributed by atoms with van der Waals surface area (Å²) >= 11 is 0. The van der Waals surface area contributed by atoms with Crippen LogP contribution in [0.25, 0.3) is 6.08 Å². The van der Waals surface area contributed by atoms with Crippen molar-refractivity contribution in [3.05, 3.63) is 35.9 Å². The Morgan fingerprint density at radius 3 is 2.73 bits per heavy atom. The van der Waals surface area contributed by atoms with Gasteiger partial charge in [0.15, 0.2) is 0 Å². The Hall–Kier alpha value is -2.30. The van der Waals surface area contributed by atoms with E-state index in [0.717, 1.165) is 11.3 Å². The number of ether oxygens (including phenoxy) is 1. The van der Waals surface area contributed by atoms with Gasteiger partial charge in [-0.05, 0) is 44.0 Å². The van der Waals surface area contributed by atoms with Crippen molar-refractivity contribution in [3.8, 4) is 5.75 Å². The van der Waals surface area contributed by atoms with Crippen LogP contribution < -0.4 is 4.74 Å².